The molecule has 0 radical (unpaired) electrons. The van der Waals surface area contributed by atoms with Crippen molar-refractivity contribution in [3.8, 4) is 0 Å². The molecule has 0 spiro atoms. The molecule has 1 amide bonds. The summed E-state index contributed by atoms with van der Waals surface area (Å²) in [6.07, 6.45) is 2.36. The smallest absolute Gasteiger partial charge is 0.293 e. The van der Waals surface area contributed by atoms with Gasteiger partial charge in [-0.25, -0.2) is 4.98 Å². The van der Waals surface area contributed by atoms with E-state index in [1.807, 2.05) is 18.7 Å². The van der Waals surface area contributed by atoms with Gasteiger partial charge in [0.15, 0.2) is 0 Å². The number of aromatic nitrogens is 3. The summed E-state index contributed by atoms with van der Waals surface area (Å²) in [6.45, 7) is 8.72. The van der Waals surface area contributed by atoms with E-state index >= 15 is 0 Å². The molecule has 2 rings (SSSR count). The third kappa shape index (κ3) is 3.53. The molecule has 1 aromatic rings. The first-order valence-corrected chi connectivity index (χ1v) is 6.98. The van der Waals surface area contributed by atoms with Crippen LogP contribution in [0.5, 0.6) is 0 Å². The van der Waals surface area contributed by atoms with Crippen molar-refractivity contribution < 1.29 is 4.79 Å². The molecule has 1 atom stereocenters. The van der Waals surface area contributed by atoms with Crippen LogP contribution in [0.1, 0.15) is 43.1 Å². The second-order valence-electron chi connectivity index (χ2n) is 5.51. The number of carbonyl (C=O) groups excluding carboxylic acids is 1. The van der Waals surface area contributed by atoms with Crippen molar-refractivity contribution >= 4 is 5.91 Å². The van der Waals surface area contributed by atoms with Gasteiger partial charge in [-0.05, 0) is 52.6 Å². The van der Waals surface area contributed by atoms with Crippen molar-refractivity contribution in [1.29, 1.82) is 0 Å². The fraction of sp³-hybridized carbons (Fsp3) is 0.769. The molecule has 1 fully saturated rings. The van der Waals surface area contributed by atoms with Gasteiger partial charge in [-0.1, -0.05) is 0 Å². The summed E-state index contributed by atoms with van der Waals surface area (Å²) in [5.74, 6) is 1.39. The fourth-order valence-electron chi connectivity index (χ4n) is 2.45. The van der Waals surface area contributed by atoms with Gasteiger partial charge in [0.1, 0.15) is 5.82 Å². The molecule has 6 nitrogen and oxygen atoms in total. The first-order valence-electron chi connectivity index (χ1n) is 6.98. The lowest BCUT2D eigenvalue weighted by molar-refractivity contribution is 0.0648. The van der Waals surface area contributed by atoms with Gasteiger partial charge in [0.2, 0.25) is 5.82 Å². The Morgan fingerprint density at radius 3 is 2.84 bits per heavy atom. The van der Waals surface area contributed by atoms with Crippen molar-refractivity contribution in [2.75, 3.05) is 19.6 Å². The number of nitrogens with zero attached hydrogens (tertiary/aromatic N) is 3. The van der Waals surface area contributed by atoms with Gasteiger partial charge in [-0.2, -0.15) is 0 Å². The molecule has 2 heterocycles. The van der Waals surface area contributed by atoms with Crippen LogP contribution in [0.15, 0.2) is 0 Å². The van der Waals surface area contributed by atoms with Gasteiger partial charge in [0.05, 0.1) is 0 Å². The Labute approximate surface area is 114 Å². The number of hydrogen-bond acceptors (Lipinski definition) is 4. The summed E-state index contributed by atoms with van der Waals surface area (Å²) in [4.78, 5) is 18.4. The van der Waals surface area contributed by atoms with Crippen molar-refractivity contribution in [2.45, 2.75) is 39.7 Å². The summed E-state index contributed by atoms with van der Waals surface area (Å²) >= 11 is 0. The maximum Gasteiger partial charge on any atom is 0.293 e. The minimum atomic E-state index is -0.0788. The highest BCUT2D eigenvalue weighted by Crippen LogP contribution is 2.15. The minimum Gasteiger partial charge on any atom is -0.333 e. The van der Waals surface area contributed by atoms with Crippen molar-refractivity contribution in [2.24, 2.45) is 5.92 Å². The lowest BCUT2D eigenvalue weighted by Gasteiger charge is -2.32. The third-order valence-electron chi connectivity index (χ3n) is 3.53. The molecular formula is C13H23N5O. The maximum absolute atomic E-state index is 12.4. The highest BCUT2D eigenvalue weighted by molar-refractivity contribution is 5.90. The monoisotopic (exact) mass is 265 g/mol. The van der Waals surface area contributed by atoms with Gasteiger partial charge in [-0.15, -0.1) is 5.10 Å². The Morgan fingerprint density at radius 2 is 2.32 bits per heavy atom. The van der Waals surface area contributed by atoms with Crippen LogP contribution in [-0.2, 0) is 0 Å². The van der Waals surface area contributed by atoms with Crippen molar-refractivity contribution in [3.05, 3.63) is 11.6 Å². The van der Waals surface area contributed by atoms with Gasteiger partial charge < -0.3 is 10.2 Å². The van der Waals surface area contributed by atoms with E-state index in [-0.39, 0.29) is 17.8 Å². The molecule has 0 bridgehead atoms. The first kappa shape index (κ1) is 14.0. The second-order valence-corrected chi connectivity index (χ2v) is 5.51. The molecule has 1 aromatic heterocycles. The predicted octanol–water partition coefficient (Wildman–Crippen LogP) is 0.963. The molecule has 0 aromatic carbocycles. The molecule has 1 aliphatic rings. The van der Waals surface area contributed by atoms with Crippen LogP contribution in [0, 0.1) is 12.8 Å². The van der Waals surface area contributed by atoms with Gasteiger partial charge in [-0.3, -0.25) is 9.89 Å². The first-order chi connectivity index (χ1) is 9.08. The van der Waals surface area contributed by atoms with Crippen LogP contribution in [0.3, 0.4) is 0 Å². The molecule has 2 N–H and O–H groups in total. The lowest BCUT2D eigenvalue weighted by Crippen LogP contribution is -2.44. The van der Waals surface area contributed by atoms with Gasteiger partial charge in [0, 0.05) is 12.6 Å². The normalized spacial score (nSPS) is 19.7. The number of amides is 1. The van der Waals surface area contributed by atoms with Crippen LogP contribution in [0.2, 0.25) is 0 Å². The maximum atomic E-state index is 12.4. The molecule has 1 unspecified atom stereocenters. The van der Waals surface area contributed by atoms with Crippen molar-refractivity contribution in [1.82, 2.24) is 25.4 Å². The zero-order valence-electron chi connectivity index (χ0n) is 11.9. The highest BCUT2D eigenvalue weighted by atomic mass is 16.2. The molecular weight excluding hydrogens is 242 g/mol. The number of piperidine rings is 1. The van der Waals surface area contributed by atoms with E-state index in [1.165, 1.54) is 12.8 Å². The van der Waals surface area contributed by atoms with Crippen LogP contribution in [0.4, 0.5) is 0 Å². The van der Waals surface area contributed by atoms with Crippen LogP contribution < -0.4 is 5.32 Å². The third-order valence-corrected chi connectivity index (χ3v) is 3.53. The largest absolute Gasteiger partial charge is 0.333 e. The average Bonchev–Trinajstić information content (AvgIpc) is 2.83. The summed E-state index contributed by atoms with van der Waals surface area (Å²) in [6, 6.07) is 0.160. The second kappa shape index (κ2) is 6.14. The topological polar surface area (TPSA) is 73.9 Å². The Hall–Kier alpha value is -1.43. The lowest BCUT2D eigenvalue weighted by atomic mass is 9.98. The predicted molar refractivity (Wildman–Crippen MR) is 72.9 cm³/mol. The number of aryl methyl sites for hydroxylation is 1. The highest BCUT2D eigenvalue weighted by Gasteiger charge is 2.26. The van der Waals surface area contributed by atoms with Crippen LogP contribution in [-0.4, -0.2) is 51.7 Å². The van der Waals surface area contributed by atoms with E-state index in [9.17, 15) is 4.79 Å². The van der Waals surface area contributed by atoms with Gasteiger partial charge in [0.25, 0.3) is 5.91 Å². The summed E-state index contributed by atoms with van der Waals surface area (Å²) in [5.41, 5.74) is 0. The SMILES string of the molecule is Cc1nc(C(=O)N(CC2CCCNC2)C(C)C)n[nH]1. The zero-order valence-corrected chi connectivity index (χ0v) is 11.9. The van der Waals surface area contributed by atoms with E-state index in [0.717, 1.165) is 19.6 Å². The number of hydrogen-bond donors (Lipinski definition) is 2. The van der Waals surface area contributed by atoms with Crippen LogP contribution >= 0.6 is 0 Å². The molecule has 1 aliphatic heterocycles. The Balaban J connectivity index is 2.04. The molecule has 0 aliphatic carbocycles. The van der Waals surface area contributed by atoms with E-state index in [1.54, 1.807) is 6.92 Å². The quantitative estimate of drug-likeness (QED) is 0.850. The number of aromatic amines is 1. The summed E-state index contributed by atoms with van der Waals surface area (Å²) in [5, 5.41) is 10.1. The Kier molecular flexibility index (Phi) is 4.52. The molecule has 1 saturated heterocycles. The van der Waals surface area contributed by atoms with E-state index in [0.29, 0.717) is 11.7 Å². The molecule has 0 saturated carbocycles. The minimum absolute atomic E-state index is 0.0788. The average molecular weight is 265 g/mol. The fourth-order valence-corrected chi connectivity index (χ4v) is 2.45. The summed E-state index contributed by atoms with van der Waals surface area (Å²) in [7, 11) is 0. The number of H-pyrrole nitrogens is 1. The summed E-state index contributed by atoms with van der Waals surface area (Å²) < 4.78 is 0. The Bertz CT molecular complexity index is 422. The van der Waals surface area contributed by atoms with E-state index < -0.39 is 0 Å². The van der Waals surface area contributed by atoms with Crippen LogP contribution in [0.25, 0.3) is 0 Å². The molecule has 6 heteroatoms. The molecule has 19 heavy (non-hydrogen) atoms. The van der Waals surface area contributed by atoms with Gasteiger partial charge >= 0.3 is 0 Å². The number of nitrogens with one attached hydrogen (secondary N) is 2. The van der Waals surface area contributed by atoms with E-state index in [2.05, 4.69) is 20.5 Å². The number of carbonyl (C=O) groups is 1. The number of rotatable bonds is 4. The van der Waals surface area contributed by atoms with E-state index in [4.69, 9.17) is 0 Å². The standard InChI is InChI=1S/C13H23N5O/c1-9(2)18(8-11-5-4-6-14-7-11)13(19)12-15-10(3)16-17-12/h9,11,14H,4-8H2,1-3H3,(H,15,16,17). The zero-order chi connectivity index (χ0) is 13.8. The van der Waals surface area contributed by atoms with Crippen molar-refractivity contribution in [3.63, 3.8) is 0 Å². The molecule has 106 valence electrons. The Morgan fingerprint density at radius 1 is 1.53 bits per heavy atom.